The highest BCUT2D eigenvalue weighted by Gasteiger charge is 2.14. The molecule has 2 aromatic carbocycles. The van der Waals surface area contributed by atoms with Crippen molar-refractivity contribution >= 4 is 21.7 Å². The van der Waals surface area contributed by atoms with Gasteiger partial charge in [-0.25, -0.2) is 4.39 Å². The number of carbonyl (C=O) groups is 1. The Hall–Kier alpha value is -1.68. The van der Waals surface area contributed by atoms with Crippen molar-refractivity contribution < 1.29 is 13.9 Å². The van der Waals surface area contributed by atoms with Gasteiger partial charge in [0.15, 0.2) is 17.3 Å². The molecule has 4 heteroatoms. The summed E-state index contributed by atoms with van der Waals surface area (Å²) in [5.74, 6) is -0.596. The Kier molecular flexibility index (Phi) is 4.00. The molecule has 0 fully saturated rings. The zero-order valence-corrected chi connectivity index (χ0v) is 12.1. The van der Waals surface area contributed by atoms with Gasteiger partial charge < -0.3 is 4.74 Å². The summed E-state index contributed by atoms with van der Waals surface area (Å²) < 4.78 is 18.9. The highest BCUT2D eigenvalue weighted by atomic mass is 79.9. The second kappa shape index (κ2) is 5.53. The van der Waals surface area contributed by atoms with Gasteiger partial charge in [0.2, 0.25) is 0 Å². The molecule has 2 rings (SSSR count). The predicted molar refractivity (Wildman–Crippen MR) is 75.3 cm³/mol. The van der Waals surface area contributed by atoms with Crippen LogP contribution in [0.5, 0.6) is 5.75 Å². The lowest BCUT2D eigenvalue weighted by atomic mass is 10.0. The van der Waals surface area contributed by atoms with Gasteiger partial charge in [0.05, 0.1) is 7.11 Å². The number of rotatable bonds is 3. The molecular weight excluding hydrogens is 311 g/mol. The van der Waals surface area contributed by atoms with Crippen LogP contribution in [0, 0.1) is 12.7 Å². The maximum atomic E-state index is 13.3. The van der Waals surface area contributed by atoms with Crippen LogP contribution in [-0.4, -0.2) is 12.9 Å². The van der Waals surface area contributed by atoms with Crippen LogP contribution in [0.3, 0.4) is 0 Å². The summed E-state index contributed by atoms with van der Waals surface area (Å²) in [6.07, 6.45) is 0. The minimum absolute atomic E-state index is 0.0640. The molecule has 0 spiro atoms. The van der Waals surface area contributed by atoms with Crippen LogP contribution in [0.2, 0.25) is 0 Å². The summed E-state index contributed by atoms with van der Waals surface area (Å²) in [5.41, 5.74) is 1.99. The number of methoxy groups -OCH3 is 1. The van der Waals surface area contributed by atoms with Crippen LogP contribution in [0.25, 0.3) is 0 Å². The van der Waals surface area contributed by atoms with Gasteiger partial charge in [0.25, 0.3) is 0 Å². The van der Waals surface area contributed by atoms with Crippen LogP contribution in [0.1, 0.15) is 21.5 Å². The second-order valence-corrected chi connectivity index (χ2v) is 5.02. The summed E-state index contributed by atoms with van der Waals surface area (Å²) in [6, 6.07) is 9.56. The maximum absolute atomic E-state index is 13.3. The molecule has 0 bridgehead atoms. The van der Waals surface area contributed by atoms with Gasteiger partial charge in [0.1, 0.15) is 0 Å². The Bertz CT molecular complexity index is 638. The highest BCUT2D eigenvalue weighted by Crippen LogP contribution is 2.24. The van der Waals surface area contributed by atoms with E-state index in [-0.39, 0.29) is 11.5 Å². The van der Waals surface area contributed by atoms with Gasteiger partial charge in [-0.3, -0.25) is 4.79 Å². The number of ether oxygens (including phenoxy) is 1. The van der Waals surface area contributed by atoms with E-state index in [1.807, 2.05) is 19.1 Å². The second-order valence-electron chi connectivity index (χ2n) is 4.16. The van der Waals surface area contributed by atoms with Crippen molar-refractivity contribution in [1.29, 1.82) is 0 Å². The number of ketones is 1. The zero-order valence-electron chi connectivity index (χ0n) is 10.5. The quantitative estimate of drug-likeness (QED) is 0.794. The van der Waals surface area contributed by atoms with Crippen LogP contribution in [0.15, 0.2) is 40.9 Å². The maximum Gasteiger partial charge on any atom is 0.194 e. The normalized spacial score (nSPS) is 10.3. The minimum atomic E-state index is -0.484. The van der Waals surface area contributed by atoms with E-state index in [4.69, 9.17) is 4.74 Å². The minimum Gasteiger partial charge on any atom is -0.494 e. The molecule has 2 aromatic rings. The summed E-state index contributed by atoms with van der Waals surface area (Å²) >= 11 is 3.37. The van der Waals surface area contributed by atoms with E-state index in [1.54, 1.807) is 6.07 Å². The Labute approximate surface area is 119 Å². The highest BCUT2D eigenvalue weighted by molar-refractivity contribution is 9.10. The Morgan fingerprint density at radius 2 is 1.95 bits per heavy atom. The molecule has 0 unspecified atom stereocenters. The van der Waals surface area contributed by atoms with Gasteiger partial charge in [-0.2, -0.15) is 0 Å². The summed E-state index contributed by atoms with van der Waals surface area (Å²) in [6.45, 7) is 1.94. The summed E-state index contributed by atoms with van der Waals surface area (Å²) in [7, 11) is 1.37. The topological polar surface area (TPSA) is 26.3 Å². The van der Waals surface area contributed by atoms with E-state index in [1.165, 1.54) is 25.3 Å². The van der Waals surface area contributed by atoms with E-state index < -0.39 is 5.82 Å². The van der Waals surface area contributed by atoms with Crippen LogP contribution >= 0.6 is 15.9 Å². The van der Waals surface area contributed by atoms with Gasteiger partial charge in [-0.05, 0) is 42.8 Å². The molecule has 0 aliphatic heterocycles. The monoisotopic (exact) mass is 322 g/mol. The summed E-state index contributed by atoms with van der Waals surface area (Å²) in [4.78, 5) is 12.3. The molecule has 0 amide bonds. The van der Waals surface area contributed by atoms with Crippen LogP contribution in [-0.2, 0) is 0 Å². The fourth-order valence-electron chi connectivity index (χ4n) is 1.76. The van der Waals surface area contributed by atoms with Crippen LogP contribution < -0.4 is 4.74 Å². The molecule has 0 radical (unpaired) electrons. The number of hydrogen-bond donors (Lipinski definition) is 0. The average Bonchev–Trinajstić information content (AvgIpc) is 2.38. The molecule has 0 aliphatic rings. The number of benzene rings is 2. The molecule has 0 N–H and O–H groups in total. The molecule has 2 nitrogen and oxygen atoms in total. The first kappa shape index (κ1) is 13.7. The first-order valence-corrected chi connectivity index (χ1v) is 6.46. The molecule has 0 saturated carbocycles. The van der Waals surface area contributed by atoms with Crippen molar-refractivity contribution in [3.8, 4) is 5.75 Å². The Morgan fingerprint density at radius 1 is 1.21 bits per heavy atom. The number of hydrogen-bond acceptors (Lipinski definition) is 2. The first-order chi connectivity index (χ1) is 9.02. The lowest BCUT2D eigenvalue weighted by molar-refractivity contribution is 0.103. The zero-order chi connectivity index (χ0) is 14.0. The van der Waals surface area contributed by atoms with Crippen LogP contribution in [0.4, 0.5) is 4.39 Å². The van der Waals surface area contributed by atoms with E-state index in [2.05, 4.69) is 15.9 Å². The van der Waals surface area contributed by atoms with E-state index in [0.29, 0.717) is 11.1 Å². The Balaban J connectivity index is 2.44. The Morgan fingerprint density at radius 3 is 2.58 bits per heavy atom. The predicted octanol–water partition coefficient (Wildman–Crippen LogP) is 4.14. The lowest BCUT2D eigenvalue weighted by Gasteiger charge is -2.07. The molecule has 19 heavy (non-hydrogen) atoms. The van der Waals surface area contributed by atoms with Gasteiger partial charge in [-0.1, -0.05) is 22.0 Å². The van der Waals surface area contributed by atoms with Crippen molar-refractivity contribution in [3.63, 3.8) is 0 Å². The fourth-order valence-corrected chi connectivity index (χ4v) is 2.43. The molecule has 98 valence electrons. The van der Waals surface area contributed by atoms with Crippen molar-refractivity contribution in [2.75, 3.05) is 7.11 Å². The molecule has 0 atom stereocenters. The van der Waals surface area contributed by atoms with Crippen molar-refractivity contribution in [3.05, 3.63) is 63.4 Å². The number of aryl methyl sites for hydroxylation is 1. The van der Waals surface area contributed by atoms with E-state index in [0.717, 1.165) is 10.0 Å². The van der Waals surface area contributed by atoms with Crippen molar-refractivity contribution in [2.24, 2.45) is 0 Å². The van der Waals surface area contributed by atoms with Gasteiger partial charge in [-0.15, -0.1) is 0 Å². The third-order valence-electron chi connectivity index (χ3n) is 2.78. The average molecular weight is 323 g/mol. The molecule has 0 aliphatic carbocycles. The number of halogens is 2. The van der Waals surface area contributed by atoms with Crippen molar-refractivity contribution in [2.45, 2.75) is 6.92 Å². The lowest BCUT2D eigenvalue weighted by Crippen LogP contribution is -2.03. The molecule has 0 aromatic heterocycles. The van der Waals surface area contributed by atoms with Crippen molar-refractivity contribution in [1.82, 2.24) is 0 Å². The SMILES string of the molecule is COc1cc(C(=O)c2ccc(C)cc2Br)ccc1F. The first-order valence-electron chi connectivity index (χ1n) is 5.67. The summed E-state index contributed by atoms with van der Waals surface area (Å²) in [5, 5.41) is 0. The molecule has 0 saturated heterocycles. The fraction of sp³-hybridized carbons (Fsp3) is 0.133. The van der Waals surface area contributed by atoms with E-state index in [9.17, 15) is 9.18 Å². The molecular formula is C15H12BrFO2. The number of carbonyl (C=O) groups excluding carboxylic acids is 1. The smallest absolute Gasteiger partial charge is 0.194 e. The van der Waals surface area contributed by atoms with Gasteiger partial charge in [0, 0.05) is 15.6 Å². The van der Waals surface area contributed by atoms with E-state index >= 15 is 0 Å². The van der Waals surface area contributed by atoms with Gasteiger partial charge >= 0.3 is 0 Å². The largest absolute Gasteiger partial charge is 0.494 e. The third kappa shape index (κ3) is 2.84. The molecule has 0 heterocycles. The standard InChI is InChI=1S/C15H12BrFO2/c1-9-3-5-11(12(16)7-9)15(18)10-4-6-13(17)14(8-10)19-2/h3-8H,1-2H3. The third-order valence-corrected chi connectivity index (χ3v) is 3.44.